The Morgan fingerprint density at radius 2 is 2.00 bits per heavy atom. The van der Waals surface area contributed by atoms with Crippen LogP contribution in [-0.2, 0) is 0 Å². The van der Waals surface area contributed by atoms with E-state index >= 15 is 0 Å². The molecule has 1 heteroatoms. The standard InChI is InChI=1S/C12H19N/c1-5-9-11(7-3)12(8-4)13-10-6-2/h5,7-8,10H,1,6,9H2,2-4H3/b11-7-,12-8+,13-10?. The second-order valence-corrected chi connectivity index (χ2v) is 2.70. The van der Waals surface area contributed by atoms with Crippen molar-refractivity contribution in [1.29, 1.82) is 0 Å². The average Bonchev–Trinajstić information content (AvgIpc) is 2.17. The fourth-order valence-corrected chi connectivity index (χ4v) is 1.06. The highest BCUT2D eigenvalue weighted by Crippen LogP contribution is 2.15. The highest BCUT2D eigenvalue weighted by Gasteiger charge is 1.97. The van der Waals surface area contributed by atoms with Gasteiger partial charge in [0.25, 0.3) is 0 Å². The molecule has 0 aromatic carbocycles. The molecule has 0 aliphatic carbocycles. The highest BCUT2D eigenvalue weighted by molar-refractivity contribution is 5.59. The molecule has 0 aliphatic heterocycles. The smallest absolute Gasteiger partial charge is 0.0614 e. The minimum Gasteiger partial charge on any atom is -0.261 e. The van der Waals surface area contributed by atoms with Crippen LogP contribution in [0.4, 0.5) is 0 Å². The SMILES string of the molecule is C=CCC(=C/C)/C(=C\C)N=CCC. The summed E-state index contributed by atoms with van der Waals surface area (Å²) in [6.45, 7) is 9.85. The maximum atomic E-state index is 4.37. The lowest BCUT2D eigenvalue weighted by Gasteiger charge is -2.03. The number of allylic oxidation sites excluding steroid dienone is 4. The minimum absolute atomic E-state index is 0.886. The molecule has 0 rings (SSSR count). The Morgan fingerprint density at radius 1 is 1.31 bits per heavy atom. The van der Waals surface area contributed by atoms with Crippen molar-refractivity contribution in [3.8, 4) is 0 Å². The zero-order chi connectivity index (χ0) is 10.1. The largest absolute Gasteiger partial charge is 0.261 e. The van der Waals surface area contributed by atoms with Crippen LogP contribution in [0.5, 0.6) is 0 Å². The van der Waals surface area contributed by atoms with Gasteiger partial charge in [-0.05, 0) is 32.3 Å². The Balaban J connectivity index is 4.56. The van der Waals surface area contributed by atoms with Gasteiger partial charge in [0.2, 0.25) is 0 Å². The average molecular weight is 177 g/mol. The van der Waals surface area contributed by atoms with E-state index in [2.05, 4.69) is 24.6 Å². The number of aliphatic imine (C=N–C) groups is 1. The monoisotopic (exact) mass is 177 g/mol. The summed E-state index contributed by atoms with van der Waals surface area (Å²) in [6.07, 6.45) is 9.82. The van der Waals surface area contributed by atoms with Crippen LogP contribution in [0.15, 0.2) is 41.1 Å². The number of hydrogen-bond donors (Lipinski definition) is 0. The lowest BCUT2D eigenvalue weighted by Crippen LogP contribution is -1.86. The molecular formula is C12H19N. The van der Waals surface area contributed by atoms with Gasteiger partial charge in [0, 0.05) is 6.21 Å². The fourth-order valence-electron chi connectivity index (χ4n) is 1.06. The summed E-state index contributed by atoms with van der Waals surface area (Å²) in [6, 6.07) is 0. The zero-order valence-electron chi connectivity index (χ0n) is 8.88. The third kappa shape index (κ3) is 4.46. The first-order valence-electron chi connectivity index (χ1n) is 4.75. The van der Waals surface area contributed by atoms with Crippen molar-refractivity contribution < 1.29 is 0 Å². The summed E-state index contributed by atoms with van der Waals surface area (Å²) < 4.78 is 0. The van der Waals surface area contributed by atoms with Gasteiger partial charge in [-0.25, -0.2) is 0 Å². The molecule has 0 aromatic heterocycles. The third-order valence-corrected chi connectivity index (χ3v) is 1.73. The van der Waals surface area contributed by atoms with E-state index in [0.29, 0.717) is 0 Å². The van der Waals surface area contributed by atoms with E-state index in [-0.39, 0.29) is 0 Å². The summed E-state index contributed by atoms with van der Waals surface area (Å²) >= 11 is 0. The third-order valence-electron chi connectivity index (χ3n) is 1.73. The van der Waals surface area contributed by atoms with Gasteiger partial charge in [0.05, 0.1) is 5.70 Å². The van der Waals surface area contributed by atoms with Crippen molar-refractivity contribution in [2.45, 2.75) is 33.6 Å². The van der Waals surface area contributed by atoms with E-state index in [4.69, 9.17) is 0 Å². The Hall–Kier alpha value is -1.11. The molecule has 0 amide bonds. The van der Waals surface area contributed by atoms with Gasteiger partial charge in [-0.1, -0.05) is 25.2 Å². The Bertz CT molecular complexity index is 232. The molecule has 0 atom stereocenters. The quantitative estimate of drug-likeness (QED) is 0.343. The van der Waals surface area contributed by atoms with Crippen molar-refractivity contribution in [2.75, 3.05) is 0 Å². The van der Waals surface area contributed by atoms with Crippen LogP contribution in [0.1, 0.15) is 33.6 Å². The maximum Gasteiger partial charge on any atom is 0.0614 e. The van der Waals surface area contributed by atoms with E-state index < -0.39 is 0 Å². The predicted octanol–water partition coefficient (Wildman–Crippen LogP) is 3.89. The minimum atomic E-state index is 0.886. The lowest BCUT2D eigenvalue weighted by atomic mass is 10.1. The van der Waals surface area contributed by atoms with Gasteiger partial charge in [0.1, 0.15) is 0 Å². The van der Waals surface area contributed by atoms with Crippen molar-refractivity contribution in [3.05, 3.63) is 36.1 Å². The van der Waals surface area contributed by atoms with Crippen molar-refractivity contribution >= 4 is 6.21 Å². The summed E-state index contributed by atoms with van der Waals surface area (Å²) in [5, 5.41) is 0. The highest BCUT2D eigenvalue weighted by atomic mass is 14.7. The lowest BCUT2D eigenvalue weighted by molar-refractivity contribution is 1.16. The number of nitrogens with zero attached hydrogens (tertiary/aromatic N) is 1. The summed E-state index contributed by atoms with van der Waals surface area (Å²) in [4.78, 5) is 4.37. The van der Waals surface area contributed by atoms with E-state index in [0.717, 1.165) is 18.5 Å². The Kier molecular flexibility index (Phi) is 6.89. The van der Waals surface area contributed by atoms with E-state index in [1.807, 2.05) is 32.2 Å². The summed E-state index contributed by atoms with van der Waals surface area (Å²) in [5.74, 6) is 0. The molecule has 72 valence electrons. The fraction of sp³-hybridized carbons (Fsp3) is 0.417. The van der Waals surface area contributed by atoms with E-state index in [1.54, 1.807) is 0 Å². The molecule has 1 nitrogen and oxygen atoms in total. The Labute approximate surface area is 81.6 Å². The number of rotatable bonds is 5. The molecule has 0 spiro atoms. The van der Waals surface area contributed by atoms with Crippen LogP contribution in [0.3, 0.4) is 0 Å². The topological polar surface area (TPSA) is 12.4 Å². The van der Waals surface area contributed by atoms with Crippen LogP contribution in [-0.4, -0.2) is 6.21 Å². The van der Waals surface area contributed by atoms with Gasteiger partial charge >= 0.3 is 0 Å². The van der Waals surface area contributed by atoms with Gasteiger partial charge in [-0.2, -0.15) is 0 Å². The molecule has 0 aromatic rings. The van der Waals surface area contributed by atoms with Crippen LogP contribution < -0.4 is 0 Å². The molecule has 13 heavy (non-hydrogen) atoms. The van der Waals surface area contributed by atoms with Crippen molar-refractivity contribution in [3.63, 3.8) is 0 Å². The van der Waals surface area contributed by atoms with Crippen molar-refractivity contribution in [2.24, 2.45) is 4.99 Å². The molecule has 0 radical (unpaired) electrons. The summed E-state index contributed by atoms with van der Waals surface area (Å²) in [7, 11) is 0. The molecule has 0 heterocycles. The van der Waals surface area contributed by atoms with Gasteiger partial charge in [-0.3, -0.25) is 4.99 Å². The molecule has 0 bridgehead atoms. The number of hydrogen-bond acceptors (Lipinski definition) is 1. The first kappa shape index (κ1) is 11.9. The van der Waals surface area contributed by atoms with Crippen LogP contribution in [0.2, 0.25) is 0 Å². The van der Waals surface area contributed by atoms with E-state index in [9.17, 15) is 0 Å². The van der Waals surface area contributed by atoms with Crippen LogP contribution >= 0.6 is 0 Å². The second kappa shape index (κ2) is 7.53. The van der Waals surface area contributed by atoms with Gasteiger partial charge in [-0.15, -0.1) is 6.58 Å². The van der Waals surface area contributed by atoms with Gasteiger partial charge in [0.15, 0.2) is 0 Å². The summed E-state index contributed by atoms with van der Waals surface area (Å²) in [5.41, 5.74) is 2.30. The predicted molar refractivity (Wildman–Crippen MR) is 61.1 cm³/mol. The molecule has 0 saturated carbocycles. The zero-order valence-corrected chi connectivity index (χ0v) is 8.88. The van der Waals surface area contributed by atoms with Gasteiger partial charge < -0.3 is 0 Å². The normalized spacial score (nSPS) is 13.8. The second-order valence-electron chi connectivity index (χ2n) is 2.70. The van der Waals surface area contributed by atoms with Crippen LogP contribution in [0, 0.1) is 0 Å². The molecule has 0 unspecified atom stereocenters. The van der Waals surface area contributed by atoms with Crippen LogP contribution in [0.25, 0.3) is 0 Å². The van der Waals surface area contributed by atoms with Crippen molar-refractivity contribution in [1.82, 2.24) is 0 Å². The van der Waals surface area contributed by atoms with E-state index in [1.165, 1.54) is 5.57 Å². The first-order valence-corrected chi connectivity index (χ1v) is 4.75. The molecular weight excluding hydrogens is 158 g/mol. The molecule has 0 aliphatic rings. The Morgan fingerprint density at radius 3 is 2.38 bits per heavy atom. The first-order chi connectivity index (χ1) is 6.29. The maximum absolute atomic E-state index is 4.37. The molecule has 0 fully saturated rings. The molecule has 0 saturated heterocycles. The molecule has 0 N–H and O–H groups in total.